The zero-order valence-corrected chi connectivity index (χ0v) is 28.4. The highest BCUT2D eigenvalue weighted by molar-refractivity contribution is 6.20. The Bertz CT molecular complexity index is 1190. The number of alkyl halides is 1. The fourth-order valence-electron chi connectivity index (χ4n) is 11.1. The van der Waals surface area contributed by atoms with Gasteiger partial charge in [0.25, 0.3) is 5.91 Å². The molecule has 0 bridgehead atoms. The molecule has 0 aromatic rings. The predicted octanol–water partition coefficient (Wildman–Crippen LogP) is 4.37. The number of ether oxygens (including phenoxy) is 1. The fourth-order valence-corrected chi connectivity index (χ4v) is 11.1. The zero-order valence-electron chi connectivity index (χ0n) is 28.4. The maximum Gasteiger partial charge on any atom is 0.256 e. The van der Waals surface area contributed by atoms with Gasteiger partial charge in [-0.05, 0) is 110 Å². The van der Waals surface area contributed by atoms with Crippen molar-refractivity contribution in [3.63, 3.8) is 0 Å². The van der Waals surface area contributed by atoms with Crippen LogP contribution in [0.4, 0.5) is 4.39 Å². The summed E-state index contributed by atoms with van der Waals surface area (Å²) in [4.78, 5) is 48.2. The van der Waals surface area contributed by atoms with Gasteiger partial charge in [0.1, 0.15) is 12.0 Å². The van der Waals surface area contributed by atoms with Crippen molar-refractivity contribution < 1.29 is 23.5 Å². The molecule has 1 amide bonds. The number of ketones is 2. The van der Waals surface area contributed by atoms with Gasteiger partial charge in [0.2, 0.25) is 0 Å². The minimum atomic E-state index is -1.14. The largest absolute Gasteiger partial charge is 0.370 e. The average Bonchev–Trinajstić information content (AvgIpc) is 3.57. The number of hydrogen-bond acceptors (Lipinski definition) is 7. The standard InChI is InChI=1S/C37H57FN4O4/c1-40(2)16-8-4-5-13-25-30(38)18-28-33-36(25)46-32-20-27-26(23-11-6-7-12-24(23)34(27)43)19-31(32)42(33)21-29(35(28)44)37(45)39-15-14-22-10-9-17-41(22)3/h21-28,30-33,36H,4-20H2,1-3H3,(H,39,45). The van der Waals surface area contributed by atoms with E-state index in [0.717, 1.165) is 77.3 Å². The first-order valence-electron chi connectivity index (χ1n) is 18.7. The molecular formula is C37H57FN4O4. The SMILES string of the molecule is CN(C)CCCCCC1C(F)CC2C(=O)C(C(=O)NCCC3CCCN3C)=CN3C4CC5C(CC4OC1C23)C(=O)C1CCCCC15. The summed E-state index contributed by atoms with van der Waals surface area (Å²) in [6, 6.07) is 0.227. The van der Waals surface area contributed by atoms with Crippen LogP contribution >= 0.6 is 0 Å². The van der Waals surface area contributed by atoms with Gasteiger partial charge in [0, 0.05) is 42.5 Å². The molecular weight excluding hydrogens is 583 g/mol. The van der Waals surface area contributed by atoms with Gasteiger partial charge in [-0.25, -0.2) is 4.39 Å². The Morgan fingerprint density at radius 2 is 1.80 bits per heavy atom. The summed E-state index contributed by atoms with van der Waals surface area (Å²) in [6.45, 7) is 2.63. The molecule has 7 rings (SSSR count). The lowest BCUT2D eigenvalue weighted by molar-refractivity contribution is -0.216. The van der Waals surface area contributed by atoms with Crippen molar-refractivity contribution in [2.24, 2.45) is 35.5 Å². The lowest BCUT2D eigenvalue weighted by Gasteiger charge is -2.60. The van der Waals surface area contributed by atoms with Crippen LogP contribution in [0.1, 0.15) is 89.9 Å². The minimum absolute atomic E-state index is 0.0124. The molecule has 6 fully saturated rings. The summed E-state index contributed by atoms with van der Waals surface area (Å²) in [7, 11) is 6.29. The van der Waals surface area contributed by atoms with E-state index in [0.29, 0.717) is 36.6 Å². The zero-order chi connectivity index (χ0) is 32.1. The molecule has 0 spiro atoms. The highest BCUT2D eigenvalue weighted by Gasteiger charge is 2.62. The molecule has 3 heterocycles. The van der Waals surface area contributed by atoms with Crippen LogP contribution in [-0.2, 0) is 19.1 Å². The number of hydrogen-bond donors (Lipinski definition) is 1. The number of morpholine rings is 1. The molecule has 0 radical (unpaired) electrons. The van der Waals surface area contributed by atoms with E-state index < -0.39 is 18.2 Å². The first kappa shape index (κ1) is 32.7. The van der Waals surface area contributed by atoms with E-state index >= 15 is 4.39 Å². The van der Waals surface area contributed by atoms with Crippen LogP contribution in [-0.4, -0.2) is 109 Å². The van der Waals surface area contributed by atoms with Crippen molar-refractivity contribution in [3.8, 4) is 0 Å². The molecule has 0 aromatic heterocycles. The van der Waals surface area contributed by atoms with Crippen LogP contribution in [0.15, 0.2) is 11.8 Å². The highest BCUT2D eigenvalue weighted by atomic mass is 19.1. The molecule has 0 aromatic carbocycles. The van der Waals surface area contributed by atoms with E-state index in [1.54, 1.807) is 0 Å². The third-order valence-corrected chi connectivity index (χ3v) is 13.4. The Morgan fingerprint density at radius 1 is 0.978 bits per heavy atom. The molecule has 256 valence electrons. The Hall–Kier alpha value is -1.84. The lowest BCUT2D eigenvalue weighted by Crippen LogP contribution is -2.70. The number of rotatable bonds is 10. The highest BCUT2D eigenvalue weighted by Crippen LogP contribution is 2.56. The molecule has 46 heavy (non-hydrogen) atoms. The summed E-state index contributed by atoms with van der Waals surface area (Å²) in [5.41, 5.74) is 0.190. The summed E-state index contributed by atoms with van der Waals surface area (Å²) in [6.07, 6.45) is 13.3. The van der Waals surface area contributed by atoms with Crippen LogP contribution in [0, 0.1) is 35.5 Å². The van der Waals surface area contributed by atoms with Gasteiger partial charge in [-0.15, -0.1) is 0 Å². The molecule has 12 unspecified atom stereocenters. The number of nitrogens with zero attached hydrogens (tertiary/aromatic N) is 3. The Kier molecular flexibility index (Phi) is 9.65. The van der Waals surface area contributed by atoms with E-state index in [4.69, 9.17) is 4.74 Å². The summed E-state index contributed by atoms with van der Waals surface area (Å²) in [5.74, 6) is 0.0569. The smallest absolute Gasteiger partial charge is 0.256 e. The van der Waals surface area contributed by atoms with Crippen molar-refractivity contribution in [2.45, 2.75) is 126 Å². The number of carbonyl (C=O) groups excluding carboxylic acids is 3. The van der Waals surface area contributed by atoms with E-state index in [9.17, 15) is 14.4 Å². The van der Waals surface area contributed by atoms with Crippen molar-refractivity contribution in [3.05, 3.63) is 11.8 Å². The summed E-state index contributed by atoms with van der Waals surface area (Å²) < 4.78 is 23.2. The van der Waals surface area contributed by atoms with Crippen molar-refractivity contribution in [1.82, 2.24) is 20.0 Å². The second-order valence-corrected chi connectivity index (χ2v) is 16.2. The van der Waals surface area contributed by atoms with Gasteiger partial charge in [0.05, 0.1) is 29.9 Å². The molecule has 12 atom stereocenters. The molecule has 1 N–H and O–H groups in total. The van der Waals surface area contributed by atoms with E-state index in [2.05, 4.69) is 41.2 Å². The minimum Gasteiger partial charge on any atom is -0.370 e. The topological polar surface area (TPSA) is 82.2 Å². The Labute approximate surface area is 275 Å². The predicted molar refractivity (Wildman–Crippen MR) is 175 cm³/mol. The van der Waals surface area contributed by atoms with Gasteiger partial charge in [-0.1, -0.05) is 25.7 Å². The van der Waals surface area contributed by atoms with Crippen molar-refractivity contribution in [2.75, 3.05) is 40.8 Å². The van der Waals surface area contributed by atoms with Crippen molar-refractivity contribution >= 4 is 17.5 Å². The van der Waals surface area contributed by atoms with Crippen LogP contribution in [0.25, 0.3) is 0 Å². The molecule has 4 saturated carbocycles. The van der Waals surface area contributed by atoms with Gasteiger partial charge < -0.3 is 24.8 Å². The third-order valence-electron chi connectivity index (χ3n) is 13.4. The Morgan fingerprint density at radius 3 is 2.59 bits per heavy atom. The normalized spacial score (nSPS) is 41.9. The number of nitrogens with one attached hydrogen (secondary N) is 1. The van der Waals surface area contributed by atoms with E-state index in [-0.39, 0.29) is 59.6 Å². The van der Waals surface area contributed by atoms with E-state index in [1.165, 1.54) is 12.8 Å². The number of fused-ring (bicyclic) bond motifs is 5. The first-order valence-corrected chi connectivity index (χ1v) is 18.7. The van der Waals surface area contributed by atoms with Crippen LogP contribution < -0.4 is 5.32 Å². The number of Topliss-reactive ketones (excluding diaryl/α,β-unsaturated/α-hetero) is 2. The molecule has 4 aliphatic carbocycles. The van der Waals surface area contributed by atoms with Crippen molar-refractivity contribution in [1.29, 1.82) is 0 Å². The number of carbonyl (C=O) groups is 3. The molecule has 3 aliphatic heterocycles. The first-order chi connectivity index (χ1) is 22.2. The summed E-state index contributed by atoms with van der Waals surface area (Å²) in [5, 5.41) is 3.06. The van der Waals surface area contributed by atoms with Gasteiger partial charge in [0.15, 0.2) is 5.78 Å². The Balaban J connectivity index is 1.14. The number of amides is 1. The van der Waals surface area contributed by atoms with E-state index in [1.807, 2.05) is 6.20 Å². The quantitative estimate of drug-likeness (QED) is 0.281. The molecule has 8 nitrogen and oxygen atoms in total. The van der Waals surface area contributed by atoms with Crippen LogP contribution in [0.5, 0.6) is 0 Å². The third kappa shape index (κ3) is 5.99. The van der Waals surface area contributed by atoms with Gasteiger partial charge in [-0.2, -0.15) is 0 Å². The van der Waals surface area contributed by atoms with Crippen LogP contribution in [0.2, 0.25) is 0 Å². The molecule has 7 aliphatic rings. The lowest BCUT2D eigenvalue weighted by atomic mass is 9.64. The molecule has 2 saturated heterocycles. The number of likely N-dealkylation sites (tertiary alicyclic amines) is 1. The average molecular weight is 641 g/mol. The molecule has 9 heteroatoms. The fraction of sp³-hybridized carbons (Fsp3) is 0.865. The second-order valence-electron chi connectivity index (χ2n) is 16.2. The second kappa shape index (κ2) is 13.6. The van der Waals surface area contributed by atoms with Gasteiger partial charge in [-0.3, -0.25) is 14.4 Å². The van der Waals surface area contributed by atoms with Crippen LogP contribution in [0.3, 0.4) is 0 Å². The van der Waals surface area contributed by atoms with Gasteiger partial charge >= 0.3 is 0 Å². The number of unbranched alkanes of at least 4 members (excludes halogenated alkanes) is 2. The number of halogens is 1. The summed E-state index contributed by atoms with van der Waals surface area (Å²) >= 11 is 0. The maximum atomic E-state index is 16.2. The monoisotopic (exact) mass is 640 g/mol. The maximum absolute atomic E-state index is 16.2.